The van der Waals surface area contributed by atoms with Crippen LogP contribution in [0.4, 0.5) is 0 Å². The molecule has 0 radical (unpaired) electrons. The Balaban J connectivity index is 2.11. The van der Waals surface area contributed by atoms with Crippen molar-refractivity contribution in [2.24, 2.45) is 0 Å². The maximum absolute atomic E-state index is 10.2. The second-order valence-corrected chi connectivity index (χ2v) is 5.14. The Labute approximate surface area is 112 Å². The van der Waals surface area contributed by atoms with Crippen molar-refractivity contribution in [3.63, 3.8) is 0 Å². The molecule has 1 aromatic carbocycles. The highest BCUT2D eigenvalue weighted by Crippen LogP contribution is 2.22. The van der Waals surface area contributed by atoms with Crippen molar-refractivity contribution in [1.82, 2.24) is 4.98 Å². The molecule has 0 amide bonds. The van der Waals surface area contributed by atoms with E-state index in [1.165, 1.54) is 4.90 Å². The van der Waals surface area contributed by atoms with Crippen LogP contribution in [0.15, 0.2) is 47.5 Å². The molecule has 2 aromatic rings. The Morgan fingerprint density at radius 3 is 2.56 bits per heavy atom. The average molecular weight is 259 g/mol. The summed E-state index contributed by atoms with van der Waals surface area (Å²) in [5, 5.41) is 10.2. The molecule has 1 aromatic heterocycles. The van der Waals surface area contributed by atoms with E-state index in [0.717, 1.165) is 16.8 Å². The lowest BCUT2D eigenvalue weighted by Crippen LogP contribution is -2.04. The van der Waals surface area contributed by atoms with Gasteiger partial charge in [-0.3, -0.25) is 4.98 Å². The van der Waals surface area contributed by atoms with Crippen LogP contribution in [0.25, 0.3) is 0 Å². The smallest absolute Gasteiger partial charge is 0.0845 e. The highest BCUT2D eigenvalue weighted by molar-refractivity contribution is 7.98. The highest BCUT2D eigenvalue weighted by Gasteiger charge is 2.10. The van der Waals surface area contributed by atoms with Gasteiger partial charge in [0.05, 0.1) is 6.10 Å². The van der Waals surface area contributed by atoms with Gasteiger partial charge in [-0.05, 0) is 42.5 Å². The molecule has 1 unspecified atom stereocenters. The molecule has 0 aliphatic rings. The first-order chi connectivity index (χ1) is 8.70. The Hall–Kier alpha value is -1.32. The van der Waals surface area contributed by atoms with Crippen LogP contribution in [0.5, 0.6) is 0 Å². The van der Waals surface area contributed by atoms with Gasteiger partial charge < -0.3 is 5.11 Å². The van der Waals surface area contributed by atoms with Crippen LogP contribution in [-0.4, -0.2) is 16.3 Å². The Kier molecular flexibility index (Phi) is 4.39. The van der Waals surface area contributed by atoms with Gasteiger partial charge in [0.25, 0.3) is 0 Å². The van der Waals surface area contributed by atoms with Crippen LogP contribution < -0.4 is 0 Å². The first-order valence-corrected chi connectivity index (χ1v) is 7.15. The largest absolute Gasteiger partial charge is 0.388 e. The molecule has 3 heteroatoms. The molecule has 0 saturated heterocycles. The monoisotopic (exact) mass is 259 g/mol. The Bertz CT molecular complexity index is 510. The third-order valence-electron chi connectivity index (χ3n) is 3.01. The number of aliphatic hydroxyl groups is 1. The van der Waals surface area contributed by atoms with Crippen LogP contribution >= 0.6 is 11.8 Å². The quantitative estimate of drug-likeness (QED) is 0.854. The van der Waals surface area contributed by atoms with Crippen LogP contribution in [0.2, 0.25) is 0 Å². The van der Waals surface area contributed by atoms with E-state index in [1.54, 1.807) is 18.0 Å². The minimum absolute atomic E-state index is 0.491. The van der Waals surface area contributed by atoms with Crippen molar-refractivity contribution < 1.29 is 5.11 Å². The summed E-state index contributed by atoms with van der Waals surface area (Å²) < 4.78 is 0. The average Bonchev–Trinajstić information content (AvgIpc) is 2.41. The molecule has 18 heavy (non-hydrogen) atoms. The van der Waals surface area contributed by atoms with Gasteiger partial charge in [0, 0.05) is 23.2 Å². The zero-order valence-corrected chi connectivity index (χ0v) is 11.4. The highest BCUT2D eigenvalue weighted by atomic mass is 32.2. The number of aromatic nitrogens is 1. The van der Waals surface area contributed by atoms with Gasteiger partial charge in [-0.1, -0.05) is 18.2 Å². The maximum Gasteiger partial charge on any atom is 0.0845 e. The SMILES string of the molecule is CSc1ccc(C(O)Cc2ncccc2C)cc1. The summed E-state index contributed by atoms with van der Waals surface area (Å²) in [7, 11) is 0. The fourth-order valence-corrected chi connectivity index (χ4v) is 2.27. The molecule has 1 N–H and O–H groups in total. The predicted octanol–water partition coefficient (Wildman–Crippen LogP) is 3.39. The molecule has 1 heterocycles. The molecule has 0 bridgehead atoms. The topological polar surface area (TPSA) is 33.1 Å². The van der Waals surface area contributed by atoms with Crippen molar-refractivity contribution in [2.75, 3.05) is 6.26 Å². The molecular weight excluding hydrogens is 242 g/mol. The second kappa shape index (κ2) is 6.03. The summed E-state index contributed by atoms with van der Waals surface area (Å²) in [4.78, 5) is 5.52. The molecule has 0 fully saturated rings. The molecule has 2 nitrogen and oxygen atoms in total. The summed E-state index contributed by atoms with van der Waals surface area (Å²) in [6.07, 6.45) is 3.88. The van der Waals surface area contributed by atoms with Crippen molar-refractivity contribution in [3.8, 4) is 0 Å². The zero-order valence-electron chi connectivity index (χ0n) is 10.6. The number of aryl methyl sites for hydroxylation is 1. The van der Waals surface area contributed by atoms with E-state index in [-0.39, 0.29) is 0 Å². The Morgan fingerprint density at radius 2 is 1.94 bits per heavy atom. The molecule has 0 spiro atoms. The number of rotatable bonds is 4. The standard InChI is InChI=1S/C15H17NOS/c1-11-4-3-9-16-14(11)10-15(17)12-5-7-13(18-2)8-6-12/h3-9,15,17H,10H2,1-2H3. The van der Waals surface area contributed by atoms with E-state index >= 15 is 0 Å². The summed E-state index contributed by atoms with van der Waals surface area (Å²) in [5.41, 5.74) is 3.02. The van der Waals surface area contributed by atoms with Crippen molar-refractivity contribution >= 4 is 11.8 Å². The zero-order chi connectivity index (χ0) is 13.0. The van der Waals surface area contributed by atoms with Crippen molar-refractivity contribution in [3.05, 3.63) is 59.4 Å². The number of hydrogen-bond acceptors (Lipinski definition) is 3. The van der Waals surface area contributed by atoms with Gasteiger partial charge >= 0.3 is 0 Å². The van der Waals surface area contributed by atoms with Gasteiger partial charge in [-0.25, -0.2) is 0 Å². The number of aliphatic hydroxyl groups excluding tert-OH is 1. The number of nitrogens with zero attached hydrogens (tertiary/aromatic N) is 1. The normalized spacial score (nSPS) is 12.4. The van der Waals surface area contributed by atoms with Crippen LogP contribution in [-0.2, 0) is 6.42 Å². The van der Waals surface area contributed by atoms with Crippen LogP contribution in [0.1, 0.15) is 22.9 Å². The van der Waals surface area contributed by atoms with Gasteiger partial charge in [0.15, 0.2) is 0 Å². The number of thioether (sulfide) groups is 1. The molecule has 94 valence electrons. The summed E-state index contributed by atoms with van der Waals surface area (Å²) >= 11 is 1.70. The van der Waals surface area contributed by atoms with Gasteiger partial charge in [-0.2, -0.15) is 0 Å². The van der Waals surface area contributed by atoms with Gasteiger partial charge in [-0.15, -0.1) is 11.8 Å². The number of pyridine rings is 1. The third-order valence-corrected chi connectivity index (χ3v) is 3.75. The number of benzene rings is 1. The molecule has 0 aliphatic carbocycles. The maximum atomic E-state index is 10.2. The molecule has 0 aliphatic heterocycles. The van der Waals surface area contributed by atoms with E-state index in [0.29, 0.717) is 6.42 Å². The summed E-state index contributed by atoms with van der Waals surface area (Å²) in [5.74, 6) is 0. The molecular formula is C15H17NOS. The lowest BCUT2D eigenvalue weighted by molar-refractivity contribution is 0.177. The first kappa shape index (κ1) is 13.1. The lowest BCUT2D eigenvalue weighted by atomic mass is 10.0. The van der Waals surface area contributed by atoms with E-state index in [1.807, 2.05) is 49.6 Å². The van der Waals surface area contributed by atoms with Crippen molar-refractivity contribution in [2.45, 2.75) is 24.3 Å². The minimum Gasteiger partial charge on any atom is -0.388 e. The van der Waals surface area contributed by atoms with E-state index in [4.69, 9.17) is 0 Å². The summed E-state index contributed by atoms with van der Waals surface area (Å²) in [6.45, 7) is 2.02. The second-order valence-electron chi connectivity index (χ2n) is 4.26. The van der Waals surface area contributed by atoms with E-state index < -0.39 is 6.10 Å². The fraction of sp³-hybridized carbons (Fsp3) is 0.267. The lowest BCUT2D eigenvalue weighted by Gasteiger charge is -2.12. The molecule has 1 atom stereocenters. The van der Waals surface area contributed by atoms with Gasteiger partial charge in [0.1, 0.15) is 0 Å². The Morgan fingerprint density at radius 1 is 1.22 bits per heavy atom. The predicted molar refractivity (Wildman–Crippen MR) is 75.9 cm³/mol. The third kappa shape index (κ3) is 3.12. The summed E-state index contributed by atoms with van der Waals surface area (Å²) in [6, 6.07) is 12.0. The molecule has 0 saturated carbocycles. The van der Waals surface area contributed by atoms with Gasteiger partial charge in [0.2, 0.25) is 0 Å². The van der Waals surface area contributed by atoms with Crippen LogP contribution in [0.3, 0.4) is 0 Å². The van der Waals surface area contributed by atoms with Crippen LogP contribution in [0, 0.1) is 6.92 Å². The van der Waals surface area contributed by atoms with Crippen molar-refractivity contribution in [1.29, 1.82) is 0 Å². The van der Waals surface area contributed by atoms with E-state index in [9.17, 15) is 5.11 Å². The minimum atomic E-state index is -0.491. The first-order valence-electron chi connectivity index (χ1n) is 5.93. The van der Waals surface area contributed by atoms with E-state index in [2.05, 4.69) is 4.98 Å². The fourth-order valence-electron chi connectivity index (χ4n) is 1.86. The molecule has 2 rings (SSSR count). The number of hydrogen-bond donors (Lipinski definition) is 1.